The summed E-state index contributed by atoms with van der Waals surface area (Å²) in [6, 6.07) is 4.69. The van der Waals surface area contributed by atoms with Gasteiger partial charge in [0.05, 0.1) is 15.7 Å². The Kier molecular flexibility index (Phi) is 4.68. The first-order valence-corrected chi connectivity index (χ1v) is 8.05. The second kappa shape index (κ2) is 6.15. The molecule has 21 heavy (non-hydrogen) atoms. The summed E-state index contributed by atoms with van der Waals surface area (Å²) >= 11 is 4.88. The fourth-order valence-electron chi connectivity index (χ4n) is 1.61. The summed E-state index contributed by atoms with van der Waals surface area (Å²) in [6.07, 6.45) is 0. The first kappa shape index (κ1) is 16.0. The van der Waals surface area contributed by atoms with Crippen molar-refractivity contribution < 1.29 is 14.6 Å². The van der Waals surface area contributed by atoms with E-state index in [4.69, 9.17) is 9.84 Å². The Hall–Kier alpha value is -1.40. The van der Waals surface area contributed by atoms with Gasteiger partial charge >= 0.3 is 5.97 Å². The number of aromatic carboxylic acids is 1. The molecule has 2 aromatic rings. The number of halogens is 1. The molecule has 0 aliphatic rings. The summed E-state index contributed by atoms with van der Waals surface area (Å²) in [5.74, 6) is -0.357. The molecule has 0 fully saturated rings. The summed E-state index contributed by atoms with van der Waals surface area (Å²) in [7, 11) is 0. The van der Waals surface area contributed by atoms with Crippen LogP contribution in [0.15, 0.2) is 28.1 Å². The molecule has 0 amide bonds. The fraction of sp³-hybridized carbons (Fsp3) is 0.333. The third-order valence-corrected chi connectivity index (χ3v) is 4.29. The lowest BCUT2D eigenvalue weighted by molar-refractivity contribution is 0.0696. The number of carbonyl (C=O) groups is 1. The number of carboxylic acid groups (broad SMARTS) is 1. The van der Waals surface area contributed by atoms with Crippen LogP contribution >= 0.6 is 27.3 Å². The highest BCUT2D eigenvalue weighted by atomic mass is 79.9. The zero-order valence-corrected chi connectivity index (χ0v) is 14.4. The quantitative estimate of drug-likeness (QED) is 0.862. The van der Waals surface area contributed by atoms with E-state index in [1.807, 2.05) is 5.38 Å². The molecule has 2 rings (SSSR count). The summed E-state index contributed by atoms with van der Waals surface area (Å²) in [5.41, 5.74) is 1.29. The third-order valence-electron chi connectivity index (χ3n) is 2.85. The van der Waals surface area contributed by atoms with Crippen molar-refractivity contribution >= 4 is 33.2 Å². The number of rotatable bonds is 4. The highest BCUT2D eigenvalue weighted by Crippen LogP contribution is 2.28. The first-order valence-electron chi connectivity index (χ1n) is 6.38. The van der Waals surface area contributed by atoms with Gasteiger partial charge in [-0.1, -0.05) is 20.8 Å². The molecule has 112 valence electrons. The molecule has 0 bridgehead atoms. The van der Waals surface area contributed by atoms with Crippen molar-refractivity contribution in [3.63, 3.8) is 0 Å². The standard InChI is InChI=1S/C15H16BrNO3S/c1-15(2,3)12-8-21-13(17-12)7-20-11-5-4-9(14(18)19)6-10(11)16/h4-6,8H,7H2,1-3H3,(H,18,19). The minimum Gasteiger partial charge on any atom is -0.485 e. The first-order chi connectivity index (χ1) is 9.77. The molecule has 0 atom stereocenters. The highest BCUT2D eigenvalue weighted by molar-refractivity contribution is 9.10. The van der Waals surface area contributed by atoms with Crippen LogP contribution < -0.4 is 4.74 Å². The van der Waals surface area contributed by atoms with E-state index >= 15 is 0 Å². The van der Waals surface area contributed by atoms with Crippen molar-refractivity contribution in [1.29, 1.82) is 0 Å². The van der Waals surface area contributed by atoms with Gasteiger partial charge in [0.1, 0.15) is 17.4 Å². The zero-order valence-electron chi connectivity index (χ0n) is 12.0. The van der Waals surface area contributed by atoms with Crippen LogP contribution in [0, 0.1) is 0 Å². The average molecular weight is 370 g/mol. The van der Waals surface area contributed by atoms with Gasteiger partial charge in [0.25, 0.3) is 0 Å². The molecule has 1 N–H and O–H groups in total. The van der Waals surface area contributed by atoms with Gasteiger partial charge in [0, 0.05) is 10.8 Å². The normalized spacial score (nSPS) is 11.4. The van der Waals surface area contributed by atoms with Gasteiger partial charge in [0.15, 0.2) is 0 Å². The fourth-order valence-corrected chi connectivity index (χ4v) is 3.04. The number of hydrogen-bond acceptors (Lipinski definition) is 4. The minimum absolute atomic E-state index is 0.0263. The summed E-state index contributed by atoms with van der Waals surface area (Å²) in [5, 5.41) is 11.9. The Morgan fingerprint density at radius 2 is 2.14 bits per heavy atom. The topological polar surface area (TPSA) is 59.4 Å². The maximum atomic E-state index is 10.9. The third kappa shape index (κ3) is 4.04. The monoisotopic (exact) mass is 369 g/mol. The number of benzene rings is 1. The van der Waals surface area contributed by atoms with Crippen LogP contribution in [0.1, 0.15) is 41.8 Å². The molecule has 0 saturated heterocycles. The Labute approximate surface area is 135 Å². The smallest absolute Gasteiger partial charge is 0.335 e. The van der Waals surface area contributed by atoms with E-state index < -0.39 is 5.97 Å². The van der Waals surface area contributed by atoms with Crippen LogP contribution in [-0.4, -0.2) is 16.1 Å². The van der Waals surface area contributed by atoms with Crippen LogP contribution in [0.5, 0.6) is 5.75 Å². The van der Waals surface area contributed by atoms with E-state index in [-0.39, 0.29) is 11.0 Å². The largest absolute Gasteiger partial charge is 0.485 e. The maximum Gasteiger partial charge on any atom is 0.335 e. The molecule has 0 saturated carbocycles. The molecule has 0 aliphatic heterocycles. The number of thiazole rings is 1. The van der Waals surface area contributed by atoms with Crippen LogP contribution in [0.2, 0.25) is 0 Å². The van der Waals surface area contributed by atoms with Crippen LogP contribution in [0.3, 0.4) is 0 Å². The molecule has 0 spiro atoms. The molecule has 1 aromatic carbocycles. The average Bonchev–Trinajstić information content (AvgIpc) is 2.85. The highest BCUT2D eigenvalue weighted by Gasteiger charge is 2.17. The SMILES string of the molecule is CC(C)(C)c1csc(COc2ccc(C(=O)O)cc2Br)n1. The summed E-state index contributed by atoms with van der Waals surface area (Å²) in [4.78, 5) is 15.4. The number of carboxylic acids is 1. The Bertz CT molecular complexity index is 661. The van der Waals surface area contributed by atoms with E-state index in [0.717, 1.165) is 10.7 Å². The summed E-state index contributed by atoms with van der Waals surface area (Å²) in [6.45, 7) is 6.72. The predicted octanol–water partition coefficient (Wildman–Crippen LogP) is 4.48. The van der Waals surface area contributed by atoms with Crippen LogP contribution in [0.4, 0.5) is 0 Å². The Morgan fingerprint density at radius 3 is 2.67 bits per heavy atom. The molecule has 4 nitrogen and oxygen atoms in total. The molecular weight excluding hydrogens is 354 g/mol. The molecular formula is C15H16BrNO3S. The zero-order chi connectivity index (χ0) is 15.6. The maximum absolute atomic E-state index is 10.9. The Balaban J connectivity index is 2.06. The van der Waals surface area contributed by atoms with E-state index in [9.17, 15) is 4.79 Å². The number of nitrogens with zero attached hydrogens (tertiary/aromatic N) is 1. The lowest BCUT2D eigenvalue weighted by atomic mass is 9.93. The van der Waals surface area contributed by atoms with Gasteiger partial charge in [-0.25, -0.2) is 9.78 Å². The Morgan fingerprint density at radius 1 is 1.43 bits per heavy atom. The van der Waals surface area contributed by atoms with E-state index in [1.165, 1.54) is 12.1 Å². The molecule has 1 aromatic heterocycles. The lowest BCUT2D eigenvalue weighted by Gasteiger charge is -2.14. The molecule has 6 heteroatoms. The predicted molar refractivity (Wildman–Crippen MR) is 86.2 cm³/mol. The number of hydrogen-bond donors (Lipinski definition) is 1. The van der Waals surface area contributed by atoms with Gasteiger partial charge < -0.3 is 9.84 Å². The molecule has 1 heterocycles. The van der Waals surface area contributed by atoms with Gasteiger partial charge in [-0.15, -0.1) is 11.3 Å². The van der Waals surface area contributed by atoms with Crippen molar-refractivity contribution in [2.24, 2.45) is 0 Å². The van der Waals surface area contributed by atoms with Gasteiger partial charge in [-0.2, -0.15) is 0 Å². The van der Waals surface area contributed by atoms with E-state index in [2.05, 4.69) is 41.7 Å². The van der Waals surface area contributed by atoms with Gasteiger partial charge in [0.2, 0.25) is 0 Å². The van der Waals surface area contributed by atoms with Crippen LogP contribution in [0.25, 0.3) is 0 Å². The van der Waals surface area contributed by atoms with Crippen molar-refractivity contribution in [2.45, 2.75) is 32.8 Å². The van der Waals surface area contributed by atoms with Crippen molar-refractivity contribution in [3.8, 4) is 5.75 Å². The summed E-state index contributed by atoms with van der Waals surface area (Å²) < 4.78 is 6.31. The molecule has 0 aliphatic carbocycles. The van der Waals surface area contributed by atoms with E-state index in [1.54, 1.807) is 17.4 Å². The number of ether oxygens (including phenoxy) is 1. The van der Waals surface area contributed by atoms with Crippen molar-refractivity contribution in [3.05, 3.63) is 44.3 Å². The van der Waals surface area contributed by atoms with E-state index in [0.29, 0.717) is 16.8 Å². The number of aromatic nitrogens is 1. The van der Waals surface area contributed by atoms with Gasteiger partial charge in [-0.05, 0) is 34.1 Å². The van der Waals surface area contributed by atoms with Crippen molar-refractivity contribution in [1.82, 2.24) is 4.98 Å². The lowest BCUT2D eigenvalue weighted by Crippen LogP contribution is -2.11. The second-order valence-electron chi connectivity index (χ2n) is 5.62. The van der Waals surface area contributed by atoms with Gasteiger partial charge in [-0.3, -0.25) is 0 Å². The second-order valence-corrected chi connectivity index (χ2v) is 7.41. The van der Waals surface area contributed by atoms with Crippen molar-refractivity contribution in [2.75, 3.05) is 0 Å². The molecule has 0 radical (unpaired) electrons. The minimum atomic E-state index is -0.961. The molecule has 0 unspecified atom stereocenters. The van der Waals surface area contributed by atoms with Crippen LogP contribution in [-0.2, 0) is 12.0 Å².